The normalized spacial score (nSPS) is 10.2. The third kappa shape index (κ3) is 4.64. The van der Waals surface area contributed by atoms with Crippen LogP contribution < -0.4 is 5.32 Å². The molecule has 16 heavy (non-hydrogen) atoms. The fourth-order valence-electron chi connectivity index (χ4n) is 1.24. The van der Waals surface area contributed by atoms with Gasteiger partial charge in [0.1, 0.15) is 0 Å². The van der Waals surface area contributed by atoms with Gasteiger partial charge in [-0.1, -0.05) is 23.7 Å². The average molecular weight is 241 g/mol. The van der Waals surface area contributed by atoms with Gasteiger partial charge in [0.25, 0.3) is 0 Å². The minimum Gasteiger partial charge on any atom is -0.348 e. The maximum absolute atomic E-state index is 11.2. The number of nitrogens with one attached hydrogen (secondary N) is 1. The van der Waals surface area contributed by atoms with Crippen molar-refractivity contribution in [1.82, 2.24) is 10.2 Å². The highest BCUT2D eigenvalue weighted by Crippen LogP contribution is 2.09. The van der Waals surface area contributed by atoms with Gasteiger partial charge in [-0.2, -0.15) is 0 Å². The Labute approximate surface area is 101 Å². The molecule has 0 bridgehead atoms. The van der Waals surface area contributed by atoms with Crippen molar-refractivity contribution in [1.29, 1.82) is 0 Å². The Morgan fingerprint density at radius 3 is 2.50 bits per heavy atom. The van der Waals surface area contributed by atoms with Gasteiger partial charge in [-0.25, -0.2) is 0 Å². The maximum Gasteiger partial charge on any atom is 0.236 e. The number of carbonyl (C=O) groups excluding carboxylic acids is 1. The Morgan fingerprint density at radius 2 is 1.94 bits per heavy atom. The Hall–Kier alpha value is -1.06. The first-order valence-corrected chi connectivity index (χ1v) is 5.62. The predicted octanol–water partition coefficient (Wildman–Crippen LogP) is 1.56. The Morgan fingerprint density at radius 1 is 1.31 bits per heavy atom. The van der Waals surface area contributed by atoms with Crippen LogP contribution in [-0.2, 0) is 11.2 Å². The molecular weight excluding hydrogens is 224 g/mol. The number of halogens is 1. The second-order valence-electron chi connectivity index (χ2n) is 3.84. The standard InChI is InChI=1S/C12H17ClN2O/c1-15(2)12(16)9-14-8-7-10-3-5-11(13)6-4-10/h3-6,14H,7-9H2,1-2H3. The molecule has 0 saturated heterocycles. The summed E-state index contributed by atoms with van der Waals surface area (Å²) in [5.74, 6) is 0.0936. The monoisotopic (exact) mass is 240 g/mol. The maximum atomic E-state index is 11.2. The molecule has 1 amide bonds. The highest BCUT2D eigenvalue weighted by Gasteiger charge is 2.01. The van der Waals surface area contributed by atoms with E-state index >= 15 is 0 Å². The lowest BCUT2D eigenvalue weighted by Crippen LogP contribution is -2.33. The molecule has 1 N–H and O–H groups in total. The van der Waals surface area contributed by atoms with Gasteiger partial charge in [0, 0.05) is 19.1 Å². The summed E-state index contributed by atoms with van der Waals surface area (Å²) in [4.78, 5) is 12.8. The molecule has 0 aliphatic heterocycles. The van der Waals surface area contributed by atoms with Gasteiger partial charge in [0.15, 0.2) is 0 Å². The summed E-state index contributed by atoms with van der Waals surface area (Å²) >= 11 is 5.78. The van der Waals surface area contributed by atoms with Crippen molar-refractivity contribution in [3.63, 3.8) is 0 Å². The van der Waals surface area contributed by atoms with E-state index in [1.165, 1.54) is 5.56 Å². The van der Waals surface area contributed by atoms with Gasteiger partial charge in [-0.3, -0.25) is 4.79 Å². The second-order valence-corrected chi connectivity index (χ2v) is 4.28. The molecule has 0 radical (unpaired) electrons. The summed E-state index contributed by atoms with van der Waals surface area (Å²) in [6, 6.07) is 7.75. The highest BCUT2D eigenvalue weighted by atomic mass is 35.5. The van der Waals surface area contributed by atoms with Crippen molar-refractivity contribution in [3.8, 4) is 0 Å². The molecule has 0 heterocycles. The minimum absolute atomic E-state index is 0.0936. The van der Waals surface area contributed by atoms with E-state index < -0.39 is 0 Å². The number of hydrogen-bond donors (Lipinski definition) is 1. The first kappa shape index (κ1) is 13.0. The lowest BCUT2D eigenvalue weighted by Gasteiger charge is -2.10. The smallest absolute Gasteiger partial charge is 0.236 e. The zero-order valence-electron chi connectivity index (χ0n) is 9.66. The Balaban J connectivity index is 2.21. The highest BCUT2D eigenvalue weighted by molar-refractivity contribution is 6.30. The van der Waals surface area contributed by atoms with Crippen LogP contribution in [0.2, 0.25) is 5.02 Å². The summed E-state index contributed by atoms with van der Waals surface area (Å²) in [5.41, 5.74) is 1.22. The summed E-state index contributed by atoms with van der Waals surface area (Å²) < 4.78 is 0. The van der Waals surface area contributed by atoms with E-state index in [9.17, 15) is 4.79 Å². The number of nitrogens with zero attached hydrogens (tertiary/aromatic N) is 1. The van der Waals surface area contributed by atoms with Crippen molar-refractivity contribution in [3.05, 3.63) is 34.9 Å². The molecule has 4 heteroatoms. The zero-order valence-corrected chi connectivity index (χ0v) is 10.4. The largest absolute Gasteiger partial charge is 0.348 e. The van der Waals surface area contributed by atoms with E-state index in [4.69, 9.17) is 11.6 Å². The molecule has 0 unspecified atom stereocenters. The first-order valence-electron chi connectivity index (χ1n) is 5.25. The first-order chi connectivity index (χ1) is 7.59. The van der Waals surface area contributed by atoms with Crippen LogP contribution in [0.3, 0.4) is 0 Å². The van der Waals surface area contributed by atoms with Crippen LogP contribution in [0.1, 0.15) is 5.56 Å². The number of benzene rings is 1. The molecular formula is C12H17ClN2O. The van der Waals surface area contributed by atoms with Gasteiger partial charge < -0.3 is 10.2 Å². The van der Waals surface area contributed by atoms with E-state index in [0.29, 0.717) is 6.54 Å². The van der Waals surface area contributed by atoms with E-state index in [0.717, 1.165) is 18.0 Å². The van der Waals surface area contributed by atoms with Crippen molar-refractivity contribution in [2.75, 3.05) is 27.2 Å². The Bertz CT molecular complexity index is 335. The average Bonchev–Trinajstić information content (AvgIpc) is 2.26. The van der Waals surface area contributed by atoms with E-state index in [-0.39, 0.29) is 5.91 Å². The molecule has 88 valence electrons. The van der Waals surface area contributed by atoms with Crippen LogP contribution in [0.5, 0.6) is 0 Å². The third-order valence-electron chi connectivity index (χ3n) is 2.28. The lowest BCUT2D eigenvalue weighted by atomic mass is 10.1. The number of carbonyl (C=O) groups is 1. The predicted molar refractivity (Wildman–Crippen MR) is 66.7 cm³/mol. The quantitative estimate of drug-likeness (QED) is 0.793. The van der Waals surface area contributed by atoms with Crippen molar-refractivity contribution < 1.29 is 4.79 Å². The Kier molecular flexibility index (Phi) is 5.29. The molecule has 0 spiro atoms. The third-order valence-corrected chi connectivity index (χ3v) is 2.53. The van der Waals surface area contributed by atoms with Crippen LogP contribution in [-0.4, -0.2) is 38.0 Å². The molecule has 0 fully saturated rings. The SMILES string of the molecule is CN(C)C(=O)CNCCc1ccc(Cl)cc1. The fraction of sp³-hybridized carbons (Fsp3) is 0.417. The van der Waals surface area contributed by atoms with Gasteiger partial charge in [0.05, 0.1) is 6.54 Å². The minimum atomic E-state index is 0.0936. The molecule has 1 rings (SSSR count). The summed E-state index contributed by atoms with van der Waals surface area (Å²) in [7, 11) is 3.51. The van der Waals surface area contributed by atoms with Crippen molar-refractivity contribution in [2.24, 2.45) is 0 Å². The van der Waals surface area contributed by atoms with Gasteiger partial charge >= 0.3 is 0 Å². The van der Waals surface area contributed by atoms with Crippen molar-refractivity contribution in [2.45, 2.75) is 6.42 Å². The topological polar surface area (TPSA) is 32.3 Å². The molecule has 1 aromatic carbocycles. The second kappa shape index (κ2) is 6.51. The molecule has 0 aliphatic carbocycles. The number of hydrogen-bond acceptors (Lipinski definition) is 2. The summed E-state index contributed by atoms with van der Waals surface area (Å²) in [6.45, 7) is 1.18. The molecule has 0 aromatic heterocycles. The molecule has 0 atom stereocenters. The van der Waals surface area contributed by atoms with Crippen LogP contribution >= 0.6 is 11.6 Å². The number of amides is 1. The van der Waals surface area contributed by atoms with E-state index in [2.05, 4.69) is 5.32 Å². The van der Waals surface area contributed by atoms with Gasteiger partial charge in [-0.15, -0.1) is 0 Å². The lowest BCUT2D eigenvalue weighted by molar-refractivity contribution is -0.127. The molecule has 0 aliphatic rings. The van der Waals surface area contributed by atoms with Crippen LogP contribution in [0.4, 0.5) is 0 Å². The van der Waals surface area contributed by atoms with Crippen molar-refractivity contribution >= 4 is 17.5 Å². The van der Waals surface area contributed by atoms with Gasteiger partial charge in [0.2, 0.25) is 5.91 Å². The molecule has 0 saturated carbocycles. The fourth-order valence-corrected chi connectivity index (χ4v) is 1.36. The summed E-state index contributed by atoms with van der Waals surface area (Å²) in [6.07, 6.45) is 0.901. The van der Waals surface area contributed by atoms with E-state index in [1.807, 2.05) is 24.3 Å². The van der Waals surface area contributed by atoms with E-state index in [1.54, 1.807) is 19.0 Å². The van der Waals surface area contributed by atoms with Crippen LogP contribution in [0.15, 0.2) is 24.3 Å². The molecule has 1 aromatic rings. The number of likely N-dealkylation sites (N-methyl/N-ethyl adjacent to an activating group) is 1. The van der Waals surface area contributed by atoms with Crippen LogP contribution in [0.25, 0.3) is 0 Å². The van der Waals surface area contributed by atoms with Gasteiger partial charge in [-0.05, 0) is 30.7 Å². The van der Waals surface area contributed by atoms with Crippen LogP contribution in [0, 0.1) is 0 Å². The molecule has 3 nitrogen and oxygen atoms in total. The zero-order chi connectivity index (χ0) is 12.0. The summed E-state index contributed by atoms with van der Waals surface area (Å²) in [5, 5.41) is 3.85. The number of rotatable bonds is 5.